The van der Waals surface area contributed by atoms with E-state index in [-0.39, 0.29) is 0 Å². The lowest BCUT2D eigenvalue weighted by atomic mass is 9.40. The van der Waals surface area contributed by atoms with Crippen LogP contribution < -0.4 is 0 Å². The molecule has 4 aliphatic rings. The molecule has 0 amide bonds. The van der Waals surface area contributed by atoms with Gasteiger partial charge in [-0.05, 0) is 104 Å². The van der Waals surface area contributed by atoms with Gasteiger partial charge in [-0.25, -0.2) is 0 Å². The first-order valence-corrected chi connectivity index (χ1v) is 11.5. The summed E-state index contributed by atoms with van der Waals surface area (Å²) < 4.78 is 0. The molecule has 4 fully saturated rings. The van der Waals surface area contributed by atoms with E-state index in [0.717, 1.165) is 36.5 Å². The number of hydrogen-bond acceptors (Lipinski definition) is 1. The molecule has 2 heteroatoms. The van der Waals surface area contributed by atoms with Gasteiger partial charge in [0.25, 0.3) is 0 Å². The Labute approximate surface area is 160 Å². The van der Waals surface area contributed by atoms with Gasteiger partial charge in [0.05, 0.1) is 0 Å². The maximum atomic E-state index is 10.9. The van der Waals surface area contributed by atoms with E-state index < -0.39 is 5.97 Å². The summed E-state index contributed by atoms with van der Waals surface area (Å²) in [5.74, 6) is 2.98. The molecule has 0 aromatic carbocycles. The predicted molar refractivity (Wildman–Crippen MR) is 106 cm³/mol. The third-order valence-corrected chi connectivity index (χ3v) is 10.5. The van der Waals surface area contributed by atoms with Crippen LogP contribution in [0.5, 0.6) is 0 Å². The standard InChI is InChI=1S/C24H40O2/c1-22-13-4-5-14-24(22,3)20-12-16-23(2)17(7-6-8-21(25)26)9-10-19(23)18(20)11-15-22/h17-20H,4-16H2,1-3H3,(H,25,26)/t17-,18?,19?,20?,22-,23+,24+/m0/s1. The average Bonchev–Trinajstić information content (AvgIpc) is 2.92. The van der Waals surface area contributed by atoms with E-state index in [1.807, 2.05) is 0 Å². The molecule has 26 heavy (non-hydrogen) atoms. The number of carboxylic acids is 1. The van der Waals surface area contributed by atoms with Gasteiger partial charge in [-0.15, -0.1) is 0 Å². The van der Waals surface area contributed by atoms with Gasteiger partial charge in [0.15, 0.2) is 0 Å². The lowest BCUT2D eigenvalue weighted by Gasteiger charge is -2.64. The Morgan fingerprint density at radius 2 is 1.69 bits per heavy atom. The number of carbonyl (C=O) groups is 1. The molecule has 7 atom stereocenters. The zero-order chi connectivity index (χ0) is 18.6. The second-order valence-electron chi connectivity index (χ2n) is 11.2. The third kappa shape index (κ3) is 2.68. The van der Waals surface area contributed by atoms with Crippen molar-refractivity contribution in [3.8, 4) is 0 Å². The van der Waals surface area contributed by atoms with Crippen molar-refractivity contribution in [3.63, 3.8) is 0 Å². The first kappa shape index (κ1) is 18.8. The summed E-state index contributed by atoms with van der Waals surface area (Å²) in [4.78, 5) is 10.9. The molecule has 4 aliphatic carbocycles. The quantitative estimate of drug-likeness (QED) is 0.607. The minimum absolute atomic E-state index is 0.361. The number of rotatable bonds is 4. The Bertz CT molecular complexity index is 556. The Morgan fingerprint density at radius 3 is 2.46 bits per heavy atom. The number of carboxylic acid groups (broad SMARTS) is 1. The van der Waals surface area contributed by atoms with Gasteiger partial charge in [0.1, 0.15) is 0 Å². The van der Waals surface area contributed by atoms with Gasteiger partial charge < -0.3 is 5.11 Å². The first-order chi connectivity index (χ1) is 12.3. The summed E-state index contributed by atoms with van der Waals surface area (Å²) >= 11 is 0. The van der Waals surface area contributed by atoms with E-state index >= 15 is 0 Å². The van der Waals surface area contributed by atoms with Crippen LogP contribution in [0.2, 0.25) is 0 Å². The normalized spacial score (nSPS) is 50.6. The van der Waals surface area contributed by atoms with E-state index in [0.29, 0.717) is 22.7 Å². The lowest BCUT2D eigenvalue weighted by Crippen LogP contribution is -2.56. The van der Waals surface area contributed by atoms with Crippen molar-refractivity contribution < 1.29 is 9.90 Å². The van der Waals surface area contributed by atoms with Crippen LogP contribution in [-0.4, -0.2) is 11.1 Å². The Kier molecular flexibility index (Phi) is 4.72. The van der Waals surface area contributed by atoms with Gasteiger partial charge in [0, 0.05) is 6.42 Å². The SMILES string of the molecule is C[C@@]12CCCC[C@]1(C)C1CC[C@@]3(C)C(CC[C@@H]3CCCC(=O)O)C1CC2. The van der Waals surface area contributed by atoms with Gasteiger partial charge in [-0.2, -0.15) is 0 Å². The fourth-order valence-electron chi connectivity index (χ4n) is 8.69. The van der Waals surface area contributed by atoms with Gasteiger partial charge >= 0.3 is 5.97 Å². The molecule has 1 N–H and O–H groups in total. The van der Waals surface area contributed by atoms with E-state index in [1.165, 1.54) is 64.2 Å². The fraction of sp³-hybridized carbons (Fsp3) is 0.958. The Balaban J connectivity index is 1.51. The fourth-order valence-corrected chi connectivity index (χ4v) is 8.69. The minimum atomic E-state index is -0.620. The summed E-state index contributed by atoms with van der Waals surface area (Å²) in [5, 5.41) is 9.00. The second kappa shape index (κ2) is 6.52. The van der Waals surface area contributed by atoms with Crippen molar-refractivity contribution in [1.82, 2.24) is 0 Å². The molecule has 0 aliphatic heterocycles. The highest BCUT2D eigenvalue weighted by Gasteiger charge is 2.62. The largest absolute Gasteiger partial charge is 0.481 e. The summed E-state index contributed by atoms with van der Waals surface area (Å²) in [6.07, 6.45) is 16.8. The monoisotopic (exact) mass is 360 g/mol. The van der Waals surface area contributed by atoms with Crippen LogP contribution in [0.1, 0.15) is 104 Å². The zero-order valence-corrected chi connectivity index (χ0v) is 17.4. The summed E-state index contributed by atoms with van der Waals surface area (Å²) in [7, 11) is 0. The minimum Gasteiger partial charge on any atom is -0.481 e. The molecule has 0 spiro atoms. The number of aliphatic carboxylic acids is 1. The molecule has 0 heterocycles. The van der Waals surface area contributed by atoms with E-state index in [9.17, 15) is 4.79 Å². The smallest absolute Gasteiger partial charge is 0.303 e. The molecular weight excluding hydrogens is 320 g/mol. The van der Waals surface area contributed by atoms with Crippen LogP contribution in [0.4, 0.5) is 0 Å². The molecule has 4 rings (SSSR count). The van der Waals surface area contributed by atoms with Crippen LogP contribution in [0.25, 0.3) is 0 Å². The summed E-state index contributed by atoms with van der Waals surface area (Å²) in [6, 6.07) is 0. The van der Waals surface area contributed by atoms with Crippen LogP contribution in [-0.2, 0) is 4.79 Å². The van der Waals surface area contributed by atoms with Crippen molar-refractivity contribution in [2.24, 2.45) is 39.9 Å². The highest BCUT2D eigenvalue weighted by molar-refractivity contribution is 5.66. The third-order valence-electron chi connectivity index (χ3n) is 10.5. The molecule has 0 bridgehead atoms. The Hall–Kier alpha value is -0.530. The maximum absolute atomic E-state index is 10.9. The van der Waals surface area contributed by atoms with Crippen molar-refractivity contribution in [1.29, 1.82) is 0 Å². The van der Waals surface area contributed by atoms with Crippen LogP contribution in [0, 0.1) is 39.9 Å². The Morgan fingerprint density at radius 1 is 0.923 bits per heavy atom. The molecule has 2 nitrogen and oxygen atoms in total. The van der Waals surface area contributed by atoms with Crippen molar-refractivity contribution in [2.45, 2.75) is 104 Å². The molecule has 3 unspecified atom stereocenters. The first-order valence-electron chi connectivity index (χ1n) is 11.5. The maximum Gasteiger partial charge on any atom is 0.303 e. The number of fused-ring (bicyclic) bond motifs is 5. The van der Waals surface area contributed by atoms with Crippen LogP contribution >= 0.6 is 0 Å². The molecule has 0 radical (unpaired) electrons. The van der Waals surface area contributed by atoms with Crippen molar-refractivity contribution in [3.05, 3.63) is 0 Å². The van der Waals surface area contributed by atoms with E-state index in [4.69, 9.17) is 5.11 Å². The molecule has 0 aromatic rings. The van der Waals surface area contributed by atoms with Crippen molar-refractivity contribution >= 4 is 5.97 Å². The molecule has 0 saturated heterocycles. The molecular formula is C24H40O2. The highest BCUT2D eigenvalue weighted by Crippen LogP contribution is 2.70. The van der Waals surface area contributed by atoms with Gasteiger partial charge in [0.2, 0.25) is 0 Å². The van der Waals surface area contributed by atoms with Crippen molar-refractivity contribution in [2.75, 3.05) is 0 Å². The predicted octanol–water partition coefficient (Wildman–Crippen LogP) is 6.68. The topological polar surface area (TPSA) is 37.3 Å². The summed E-state index contributed by atoms with van der Waals surface area (Å²) in [5.41, 5.74) is 1.68. The zero-order valence-electron chi connectivity index (χ0n) is 17.4. The highest BCUT2D eigenvalue weighted by atomic mass is 16.4. The second-order valence-corrected chi connectivity index (χ2v) is 11.2. The lowest BCUT2D eigenvalue weighted by molar-refractivity contribution is -0.152. The van der Waals surface area contributed by atoms with Gasteiger partial charge in [-0.1, -0.05) is 33.6 Å². The van der Waals surface area contributed by atoms with Gasteiger partial charge in [-0.3, -0.25) is 4.79 Å². The number of hydrogen-bond donors (Lipinski definition) is 1. The summed E-state index contributed by atoms with van der Waals surface area (Å²) in [6.45, 7) is 7.88. The van der Waals surface area contributed by atoms with Crippen LogP contribution in [0.15, 0.2) is 0 Å². The van der Waals surface area contributed by atoms with E-state index in [2.05, 4.69) is 20.8 Å². The average molecular weight is 361 g/mol. The van der Waals surface area contributed by atoms with E-state index in [1.54, 1.807) is 0 Å². The van der Waals surface area contributed by atoms with Crippen LogP contribution in [0.3, 0.4) is 0 Å². The molecule has 148 valence electrons. The molecule has 4 saturated carbocycles. The molecule has 0 aromatic heterocycles.